The third-order valence-electron chi connectivity index (χ3n) is 4.25. The summed E-state index contributed by atoms with van der Waals surface area (Å²) in [5, 5.41) is 0. The van der Waals surface area contributed by atoms with Crippen LogP contribution in [0.3, 0.4) is 0 Å². The third-order valence-corrected chi connectivity index (χ3v) is 4.25. The zero-order valence-corrected chi connectivity index (χ0v) is 17.7. The number of hydrogen-bond donors (Lipinski definition) is 0. The van der Waals surface area contributed by atoms with Crippen molar-refractivity contribution in [2.24, 2.45) is 0 Å². The molecule has 0 aromatic heterocycles. The van der Waals surface area contributed by atoms with Crippen molar-refractivity contribution in [1.29, 1.82) is 0 Å². The van der Waals surface area contributed by atoms with Crippen molar-refractivity contribution in [2.45, 2.75) is 105 Å². The summed E-state index contributed by atoms with van der Waals surface area (Å²) in [6.07, 6.45) is 0. The normalized spacial score (nSPS) is 14.1. The van der Waals surface area contributed by atoms with Crippen LogP contribution in [0.25, 0.3) is 0 Å². The van der Waals surface area contributed by atoms with Crippen LogP contribution in [-0.2, 0) is 10.8 Å². The van der Waals surface area contributed by atoms with E-state index >= 15 is 0 Å². The van der Waals surface area contributed by atoms with E-state index in [2.05, 4.69) is 106 Å². The highest BCUT2D eigenvalue weighted by Gasteiger charge is 2.35. The molecule has 1 nitrogen and oxygen atoms in total. The summed E-state index contributed by atoms with van der Waals surface area (Å²) < 4.78 is 0. The molecular formula is C22H39N. The first-order valence-electron chi connectivity index (χ1n) is 8.91. The molecule has 132 valence electrons. The summed E-state index contributed by atoms with van der Waals surface area (Å²) >= 11 is 0. The standard InChI is InChI=1S/C22H39N/c1-19(2,3)16-13-14-18(17(15-16)20(4,5)6)23(21(7,8)9)22(10,11)12/h13-15H,1-12H3. The number of benzene rings is 1. The van der Waals surface area contributed by atoms with Gasteiger partial charge in [-0.15, -0.1) is 0 Å². The van der Waals surface area contributed by atoms with Gasteiger partial charge in [0.2, 0.25) is 0 Å². The largest absolute Gasteiger partial charge is 0.362 e. The Hall–Kier alpha value is -0.980. The lowest BCUT2D eigenvalue weighted by Crippen LogP contribution is -2.53. The van der Waals surface area contributed by atoms with Crippen LogP contribution in [0.5, 0.6) is 0 Å². The van der Waals surface area contributed by atoms with Crippen molar-refractivity contribution in [3.05, 3.63) is 29.3 Å². The summed E-state index contributed by atoms with van der Waals surface area (Å²) in [5.41, 5.74) is 4.65. The van der Waals surface area contributed by atoms with E-state index in [0.717, 1.165) is 0 Å². The van der Waals surface area contributed by atoms with Gasteiger partial charge in [0, 0.05) is 16.8 Å². The van der Waals surface area contributed by atoms with Crippen LogP contribution >= 0.6 is 0 Å². The average molecular weight is 318 g/mol. The van der Waals surface area contributed by atoms with Crippen LogP contribution in [-0.4, -0.2) is 11.1 Å². The van der Waals surface area contributed by atoms with Crippen LogP contribution < -0.4 is 4.90 Å². The quantitative estimate of drug-likeness (QED) is 0.558. The van der Waals surface area contributed by atoms with Gasteiger partial charge in [0.25, 0.3) is 0 Å². The molecule has 0 radical (unpaired) electrons. The van der Waals surface area contributed by atoms with E-state index in [-0.39, 0.29) is 21.9 Å². The molecule has 1 aromatic rings. The van der Waals surface area contributed by atoms with E-state index in [0.29, 0.717) is 0 Å². The highest BCUT2D eigenvalue weighted by atomic mass is 15.2. The summed E-state index contributed by atoms with van der Waals surface area (Å²) in [5.74, 6) is 0. The van der Waals surface area contributed by atoms with E-state index in [1.54, 1.807) is 0 Å². The Morgan fingerprint density at radius 3 is 1.35 bits per heavy atom. The number of anilines is 1. The van der Waals surface area contributed by atoms with Gasteiger partial charge >= 0.3 is 0 Å². The SMILES string of the molecule is CC(C)(C)c1ccc(N(C(C)(C)C)C(C)(C)C)c(C(C)(C)C)c1. The molecule has 0 fully saturated rings. The fourth-order valence-corrected chi connectivity index (χ4v) is 3.53. The van der Waals surface area contributed by atoms with E-state index < -0.39 is 0 Å². The van der Waals surface area contributed by atoms with E-state index in [9.17, 15) is 0 Å². The molecule has 0 unspecified atom stereocenters. The van der Waals surface area contributed by atoms with E-state index in [1.807, 2.05) is 0 Å². The lowest BCUT2D eigenvalue weighted by molar-refractivity contribution is 0.377. The zero-order valence-electron chi connectivity index (χ0n) is 17.7. The summed E-state index contributed by atoms with van der Waals surface area (Å²) in [4.78, 5) is 2.58. The zero-order chi connectivity index (χ0) is 18.4. The molecule has 0 aliphatic rings. The molecule has 0 amide bonds. The minimum Gasteiger partial charge on any atom is -0.362 e. The topological polar surface area (TPSA) is 3.24 Å². The van der Waals surface area contributed by atoms with Gasteiger partial charge in [-0.3, -0.25) is 0 Å². The second-order valence-corrected chi connectivity index (χ2v) is 10.9. The fraction of sp³-hybridized carbons (Fsp3) is 0.727. The smallest absolute Gasteiger partial charge is 0.0413 e. The first-order chi connectivity index (χ1) is 9.95. The first-order valence-corrected chi connectivity index (χ1v) is 8.91. The second kappa shape index (κ2) is 5.83. The Balaban J connectivity index is 3.70. The van der Waals surface area contributed by atoms with Crippen molar-refractivity contribution in [3.63, 3.8) is 0 Å². The molecule has 0 aliphatic heterocycles. The highest BCUT2D eigenvalue weighted by Crippen LogP contribution is 2.41. The van der Waals surface area contributed by atoms with Gasteiger partial charge in [-0.1, -0.05) is 53.7 Å². The molecular weight excluding hydrogens is 278 g/mol. The van der Waals surface area contributed by atoms with Crippen molar-refractivity contribution < 1.29 is 0 Å². The molecule has 0 atom stereocenters. The molecule has 0 aliphatic carbocycles. The Bertz CT molecular complexity index is 525. The lowest BCUT2D eigenvalue weighted by atomic mass is 9.78. The predicted octanol–water partition coefficient (Wildman–Crippen LogP) is 6.69. The maximum atomic E-state index is 2.58. The van der Waals surface area contributed by atoms with Crippen molar-refractivity contribution in [1.82, 2.24) is 0 Å². The highest BCUT2D eigenvalue weighted by molar-refractivity contribution is 5.61. The van der Waals surface area contributed by atoms with Crippen LogP contribution in [0.4, 0.5) is 5.69 Å². The van der Waals surface area contributed by atoms with Crippen LogP contribution in [0.1, 0.15) is 94.2 Å². The predicted molar refractivity (Wildman–Crippen MR) is 106 cm³/mol. The van der Waals surface area contributed by atoms with Crippen LogP contribution in [0, 0.1) is 0 Å². The molecule has 23 heavy (non-hydrogen) atoms. The van der Waals surface area contributed by atoms with Gasteiger partial charge in [0.05, 0.1) is 0 Å². The molecule has 1 heteroatoms. The van der Waals surface area contributed by atoms with E-state index in [4.69, 9.17) is 0 Å². The summed E-state index contributed by atoms with van der Waals surface area (Å²) in [6.45, 7) is 27.7. The van der Waals surface area contributed by atoms with Crippen molar-refractivity contribution in [3.8, 4) is 0 Å². The number of rotatable bonds is 1. The summed E-state index contributed by atoms with van der Waals surface area (Å²) in [7, 11) is 0. The minimum atomic E-state index is 0.0709. The maximum absolute atomic E-state index is 2.58. The lowest BCUT2D eigenvalue weighted by Gasteiger charge is -2.49. The second-order valence-electron chi connectivity index (χ2n) is 10.9. The van der Waals surface area contributed by atoms with Gasteiger partial charge in [-0.25, -0.2) is 0 Å². The van der Waals surface area contributed by atoms with E-state index in [1.165, 1.54) is 16.8 Å². The first kappa shape index (κ1) is 20.1. The molecule has 0 spiro atoms. The van der Waals surface area contributed by atoms with Gasteiger partial charge in [-0.05, 0) is 69.6 Å². The monoisotopic (exact) mass is 317 g/mol. The molecule has 0 saturated heterocycles. The van der Waals surface area contributed by atoms with Gasteiger partial charge in [0.1, 0.15) is 0 Å². The Morgan fingerprint density at radius 1 is 0.609 bits per heavy atom. The molecule has 0 saturated carbocycles. The average Bonchev–Trinajstić information content (AvgIpc) is 2.22. The molecule has 1 rings (SSSR count). The van der Waals surface area contributed by atoms with Gasteiger partial charge in [-0.2, -0.15) is 0 Å². The molecule has 0 heterocycles. The molecule has 0 N–H and O–H groups in total. The Kier molecular flexibility index (Phi) is 5.08. The Morgan fingerprint density at radius 2 is 1.04 bits per heavy atom. The number of nitrogens with zero attached hydrogens (tertiary/aromatic N) is 1. The van der Waals surface area contributed by atoms with Gasteiger partial charge < -0.3 is 4.90 Å². The fourth-order valence-electron chi connectivity index (χ4n) is 3.53. The van der Waals surface area contributed by atoms with Crippen molar-refractivity contribution >= 4 is 5.69 Å². The molecule has 1 aromatic carbocycles. The van der Waals surface area contributed by atoms with Crippen LogP contribution in [0.2, 0.25) is 0 Å². The number of hydrogen-bond acceptors (Lipinski definition) is 1. The van der Waals surface area contributed by atoms with Gasteiger partial charge in [0.15, 0.2) is 0 Å². The Labute approximate surface area is 145 Å². The van der Waals surface area contributed by atoms with Crippen molar-refractivity contribution in [2.75, 3.05) is 4.90 Å². The maximum Gasteiger partial charge on any atom is 0.0413 e. The third kappa shape index (κ3) is 4.75. The minimum absolute atomic E-state index is 0.0709. The molecule has 0 bridgehead atoms. The summed E-state index contributed by atoms with van der Waals surface area (Å²) in [6, 6.07) is 7.09. The van der Waals surface area contributed by atoms with Crippen LogP contribution in [0.15, 0.2) is 18.2 Å².